The van der Waals surface area contributed by atoms with Crippen molar-refractivity contribution in [2.75, 3.05) is 13.6 Å². The van der Waals surface area contributed by atoms with Gasteiger partial charge in [-0.2, -0.15) is 0 Å². The van der Waals surface area contributed by atoms with Crippen LogP contribution in [0.3, 0.4) is 0 Å². The molecule has 2 aromatic heterocycles. The monoisotopic (exact) mass is 544 g/mol. The molecule has 2 aromatic carbocycles. The van der Waals surface area contributed by atoms with E-state index in [2.05, 4.69) is 53.4 Å². The minimum Gasteiger partial charge on any atom is -0.344 e. The summed E-state index contributed by atoms with van der Waals surface area (Å²) in [5.74, 6) is 0.730. The molecule has 0 aliphatic carbocycles. The van der Waals surface area contributed by atoms with Gasteiger partial charge in [-0.1, -0.05) is 63.6 Å². The molecule has 0 radical (unpaired) electrons. The largest absolute Gasteiger partial charge is 0.344 e. The molecule has 39 heavy (non-hydrogen) atoms. The van der Waals surface area contributed by atoms with E-state index in [4.69, 9.17) is 4.98 Å². The second-order valence-electron chi connectivity index (χ2n) is 10.1. The molecule has 7 heteroatoms. The van der Waals surface area contributed by atoms with Gasteiger partial charge in [0.25, 0.3) is 5.91 Å². The molecule has 0 bridgehead atoms. The van der Waals surface area contributed by atoms with Gasteiger partial charge in [0.05, 0.1) is 11.0 Å². The molecule has 0 aliphatic heterocycles. The summed E-state index contributed by atoms with van der Waals surface area (Å²) in [6, 6.07) is 19.9. The smallest absolute Gasteiger partial charge is 0.252 e. The van der Waals surface area contributed by atoms with Gasteiger partial charge in [0.1, 0.15) is 11.9 Å². The summed E-state index contributed by atoms with van der Waals surface area (Å²) >= 11 is 1.74. The Kier molecular flexibility index (Phi) is 9.93. The second-order valence-corrected chi connectivity index (χ2v) is 11.2. The van der Waals surface area contributed by atoms with E-state index in [1.807, 2.05) is 50.4 Å². The van der Waals surface area contributed by atoms with Gasteiger partial charge >= 0.3 is 0 Å². The summed E-state index contributed by atoms with van der Waals surface area (Å²) in [6.45, 7) is 7.05. The molecule has 1 N–H and O–H groups in total. The summed E-state index contributed by atoms with van der Waals surface area (Å²) in [5.41, 5.74) is 3.58. The highest BCUT2D eigenvalue weighted by atomic mass is 32.1. The highest BCUT2D eigenvalue weighted by Crippen LogP contribution is 2.28. The number of hydrogen-bond acceptors (Lipinski definition) is 4. The number of amides is 2. The van der Waals surface area contributed by atoms with E-state index >= 15 is 0 Å². The summed E-state index contributed by atoms with van der Waals surface area (Å²) in [6.07, 6.45) is 4.97. The van der Waals surface area contributed by atoms with E-state index in [-0.39, 0.29) is 11.8 Å². The number of nitrogens with one attached hydrogen (secondary N) is 1. The van der Waals surface area contributed by atoms with Crippen LogP contribution in [0, 0.1) is 0 Å². The van der Waals surface area contributed by atoms with Gasteiger partial charge < -0.3 is 14.8 Å². The number of hydrogen-bond donors (Lipinski definition) is 1. The molecule has 0 spiro atoms. The Balaban J connectivity index is 1.52. The van der Waals surface area contributed by atoms with Gasteiger partial charge in [-0.15, -0.1) is 11.3 Å². The van der Waals surface area contributed by atoms with Crippen LogP contribution in [0.4, 0.5) is 0 Å². The summed E-state index contributed by atoms with van der Waals surface area (Å²) in [4.78, 5) is 34.6. The molecule has 1 atom stereocenters. The number of thiophene rings is 1. The normalized spacial score (nSPS) is 12.1. The number of imidazole rings is 1. The van der Waals surface area contributed by atoms with Crippen LogP contribution in [0.15, 0.2) is 66.0 Å². The molecular weight excluding hydrogens is 504 g/mol. The molecule has 206 valence electrons. The lowest BCUT2D eigenvalue weighted by Gasteiger charge is -2.24. The van der Waals surface area contributed by atoms with Crippen molar-refractivity contribution < 1.29 is 9.59 Å². The van der Waals surface area contributed by atoms with Crippen LogP contribution in [0.5, 0.6) is 0 Å². The maximum Gasteiger partial charge on any atom is 0.252 e. The topological polar surface area (TPSA) is 67.2 Å². The fourth-order valence-corrected chi connectivity index (χ4v) is 5.85. The molecule has 6 nitrogen and oxygen atoms in total. The van der Waals surface area contributed by atoms with Crippen molar-refractivity contribution in [3.63, 3.8) is 0 Å². The molecule has 2 amide bonds. The molecule has 0 fully saturated rings. The minimum atomic E-state index is -0.560. The maximum absolute atomic E-state index is 13.4. The van der Waals surface area contributed by atoms with Crippen molar-refractivity contribution >= 4 is 34.2 Å². The Morgan fingerprint density at radius 2 is 1.79 bits per heavy atom. The van der Waals surface area contributed by atoms with Gasteiger partial charge in [0.2, 0.25) is 5.91 Å². The van der Waals surface area contributed by atoms with Crippen molar-refractivity contribution in [3.05, 3.63) is 87.9 Å². The molecule has 0 aliphatic rings. The van der Waals surface area contributed by atoms with Gasteiger partial charge in [0.15, 0.2) is 0 Å². The van der Waals surface area contributed by atoms with Crippen molar-refractivity contribution in [2.45, 2.75) is 71.4 Å². The molecular formula is C32H40N4O2S. The van der Waals surface area contributed by atoms with E-state index in [1.165, 1.54) is 10.4 Å². The molecule has 4 aromatic rings. The lowest BCUT2D eigenvalue weighted by molar-refractivity contribution is -0.132. The fraction of sp³-hybridized carbons (Fsp3) is 0.406. The van der Waals surface area contributed by atoms with Crippen LogP contribution in [0.2, 0.25) is 0 Å². The van der Waals surface area contributed by atoms with Crippen LogP contribution >= 0.6 is 11.3 Å². The zero-order chi connectivity index (χ0) is 27.8. The molecule has 0 saturated heterocycles. The van der Waals surface area contributed by atoms with Crippen molar-refractivity contribution in [1.29, 1.82) is 0 Å². The second kappa shape index (κ2) is 13.6. The third-order valence-corrected chi connectivity index (χ3v) is 8.26. The number of nitrogens with zero attached hydrogens (tertiary/aromatic N) is 3. The van der Waals surface area contributed by atoms with Gasteiger partial charge in [-0.05, 0) is 60.9 Å². The van der Waals surface area contributed by atoms with E-state index < -0.39 is 6.04 Å². The number of fused-ring (bicyclic) bond motifs is 1. The number of carbonyl (C=O) groups excluding carboxylic acids is 2. The van der Waals surface area contributed by atoms with Crippen LogP contribution in [-0.2, 0) is 17.6 Å². The van der Waals surface area contributed by atoms with Crippen LogP contribution in [0.1, 0.15) is 79.1 Å². The van der Waals surface area contributed by atoms with Gasteiger partial charge in [0, 0.05) is 36.5 Å². The molecule has 2 heterocycles. The Hall–Kier alpha value is -3.45. The predicted octanol–water partition coefficient (Wildman–Crippen LogP) is 6.65. The first kappa shape index (κ1) is 28.6. The average Bonchev–Trinajstić information content (AvgIpc) is 3.60. The highest BCUT2D eigenvalue weighted by Gasteiger charge is 2.25. The lowest BCUT2D eigenvalue weighted by atomic mass is 10.1. The van der Waals surface area contributed by atoms with Crippen LogP contribution < -0.4 is 5.32 Å². The summed E-state index contributed by atoms with van der Waals surface area (Å²) in [7, 11) is 1.81. The molecule has 0 saturated carbocycles. The Labute approximate surface area is 236 Å². The van der Waals surface area contributed by atoms with Gasteiger partial charge in [-0.25, -0.2) is 4.98 Å². The van der Waals surface area contributed by atoms with E-state index in [0.717, 1.165) is 49.0 Å². The Morgan fingerprint density at radius 1 is 1.03 bits per heavy atom. The van der Waals surface area contributed by atoms with Gasteiger partial charge in [-0.3, -0.25) is 9.59 Å². The number of likely N-dealkylation sites (N-methyl/N-ethyl adjacent to an activating group) is 1. The Morgan fingerprint density at radius 3 is 2.46 bits per heavy atom. The van der Waals surface area contributed by atoms with Crippen molar-refractivity contribution in [3.8, 4) is 0 Å². The van der Waals surface area contributed by atoms with Crippen LogP contribution in [-0.4, -0.2) is 45.9 Å². The number of rotatable bonds is 13. The first-order valence-corrected chi connectivity index (χ1v) is 15.0. The number of benzene rings is 2. The molecule has 4 rings (SSSR count). The van der Waals surface area contributed by atoms with E-state index in [0.29, 0.717) is 24.6 Å². The standard InChI is InChI=1S/C32H40N4O2S/c1-5-12-27(32(38)35(4)19-18-23-13-9-8-10-14-23)34-31(37)24-16-17-29-28(21-24)33-30(22-26-15-11-20-39-26)36(29)25(6-2)7-3/h8-11,13-17,20-21,25,27H,5-7,12,18-19,22H2,1-4H3,(H,34,37)/t27-/m0/s1. The number of aromatic nitrogens is 2. The van der Waals surface area contributed by atoms with E-state index in [9.17, 15) is 9.59 Å². The maximum atomic E-state index is 13.4. The minimum absolute atomic E-state index is 0.0570. The quantitative estimate of drug-likeness (QED) is 0.205. The highest BCUT2D eigenvalue weighted by molar-refractivity contribution is 7.09. The summed E-state index contributed by atoms with van der Waals surface area (Å²) in [5, 5.41) is 5.11. The number of carbonyl (C=O) groups is 2. The lowest BCUT2D eigenvalue weighted by Crippen LogP contribution is -2.47. The van der Waals surface area contributed by atoms with Crippen molar-refractivity contribution in [1.82, 2.24) is 19.8 Å². The predicted molar refractivity (Wildman–Crippen MR) is 160 cm³/mol. The molecule has 0 unspecified atom stereocenters. The Bertz CT molecular complexity index is 1360. The fourth-order valence-electron chi connectivity index (χ4n) is 5.15. The van der Waals surface area contributed by atoms with Crippen LogP contribution in [0.25, 0.3) is 11.0 Å². The van der Waals surface area contributed by atoms with Crippen molar-refractivity contribution in [2.24, 2.45) is 0 Å². The summed E-state index contributed by atoms with van der Waals surface area (Å²) < 4.78 is 2.35. The zero-order valence-corrected chi connectivity index (χ0v) is 24.3. The first-order valence-electron chi connectivity index (χ1n) is 14.1. The third-order valence-electron chi connectivity index (χ3n) is 7.38. The average molecular weight is 545 g/mol. The van der Waals surface area contributed by atoms with E-state index in [1.54, 1.807) is 16.2 Å². The third kappa shape index (κ3) is 6.95. The SMILES string of the molecule is CCC[C@H](NC(=O)c1ccc2c(c1)nc(Cc1cccs1)n2C(CC)CC)C(=O)N(C)CCc1ccccc1. The zero-order valence-electron chi connectivity index (χ0n) is 23.5. The first-order chi connectivity index (χ1) is 18.9.